The zero-order valence-electron chi connectivity index (χ0n) is 19.8. The molecule has 3 aromatic rings. The van der Waals surface area contributed by atoms with Crippen LogP contribution in [0, 0.1) is 0 Å². The normalized spacial score (nSPS) is 16.4. The van der Waals surface area contributed by atoms with E-state index in [0.29, 0.717) is 37.2 Å². The number of rotatable bonds is 11. The monoisotopic (exact) mass is 492 g/mol. The van der Waals surface area contributed by atoms with Gasteiger partial charge in [0.1, 0.15) is 0 Å². The van der Waals surface area contributed by atoms with Gasteiger partial charge < -0.3 is 5.11 Å². The quantitative estimate of drug-likeness (QED) is 0.404. The number of aromatic carboxylic acids is 1. The second kappa shape index (κ2) is 11.6. The van der Waals surface area contributed by atoms with E-state index in [1.165, 1.54) is 5.56 Å². The molecule has 1 aliphatic rings. The maximum atomic E-state index is 13.2. The summed E-state index contributed by atoms with van der Waals surface area (Å²) in [4.78, 5) is 16.5. The van der Waals surface area contributed by atoms with Crippen LogP contribution < -0.4 is 0 Å². The van der Waals surface area contributed by atoms with Gasteiger partial charge in [-0.25, -0.2) is 13.2 Å². The van der Waals surface area contributed by atoms with E-state index in [9.17, 15) is 18.3 Å². The van der Waals surface area contributed by atoms with Gasteiger partial charge in [-0.15, -0.1) is 0 Å². The number of pyridine rings is 1. The molecule has 0 spiro atoms. The van der Waals surface area contributed by atoms with Gasteiger partial charge in [-0.05, 0) is 68.2 Å². The fraction of sp³-hybridized carbons (Fsp3) is 0.357. The number of aromatic nitrogens is 1. The van der Waals surface area contributed by atoms with Crippen LogP contribution in [0.25, 0.3) is 0 Å². The molecule has 0 saturated carbocycles. The van der Waals surface area contributed by atoms with E-state index in [4.69, 9.17) is 4.98 Å². The lowest BCUT2D eigenvalue weighted by Gasteiger charge is -2.24. The van der Waals surface area contributed by atoms with Crippen LogP contribution >= 0.6 is 0 Å². The van der Waals surface area contributed by atoms with Crippen LogP contribution in [0.15, 0.2) is 72.8 Å². The lowest BCUT2D eigenvalue weighted by Crippen LogP contribution is -2.33. The van der Waals surface area contributed by atoms with Crippen LogP contribution in [-0.4, -0.2) is 41.1 Å². The van der Waals surface area contributed by atoms with Gasteiger partial charge in [-0.2, -0.15) is 4.31 Å². The summed E-state index contributed by atoms with van der Waals surface area (Å²) in [6.07, 6.45) is 4.88. The summed E-state index contributed by atoms with van der Waals surface area (Å²) in [5.74, 6) is -0.911. The van der Waals surface area contributed by atoms with Crippen LogP contribution in [0.3, 0.4) is 0 Å². The Morgan fingerprint density at radius 3 is 2.14 bits per heavy atom. The number of carboxylic acid groups (broad SMARTS) is 1. The Morgan fingerprint density at radius 2 is 1.51 bits per heavy atom. The Hall–Kier alpha value is -3.03. The van der Waals surface area contributed by atoms with Crippen LogP contribution in [0.2, 0.25) is 0 Å². The molecular formula is C28H32N2O4S. The SMILES string of the molecule is O=C(O)c1ccc(C2CCCN2S(=O)(=O)CCCc2ccccc2)nc1CCCc1ccccc1. The molecule has 0 amide bonds. The Balaban J connectivity index is 1.46. The summed E-state index contributed by atoms with van der Waals surface area (Å²) in [6, 6.07) is 22.9. The summed E-state index contributed by atoms with van der Waals surface area (Å²) in [5.41, 5.74) is 3.70. The minimum absolute atomic E-state index is 0.0928. The standard InChI is InChI=1S/C28H32N2O4S/c31-28(32)24-18-19-26(29-25(24)16-7-14-22-10-3-1-4-11-22)27-17-8-20-30(27)35(33,34)21-9-15-23-12-5-2-6-13-23/h1-6,10-13,18-19,27H,7-9,14-17,20-21H2,(H,31,32). The molecular weight excluding hydrogens is 460 g/mol. The molecule has 35 heavy (non-hydrogen) atoms. The molecule has 1 atom stereocenters. The van der Waals surface area contributed by atoms with Crippen molar-refractivity contribution in [2.24, 2.45) is 0 Å². The van der Waals surface area contributed by atoms with E-state index >= 15 is 0 Å². The largest absolute Gasteiger partial charge is 0.478 e. The molecule has 1 N–H and O–H groups in total. The van der Waals surface area contributed by atoms with Gasteiger partial charge in [0.05, 0.1) is 28.7 Å². The van der Waals surface area contributed by atoms with Crippen molar-refractivity contribution in [3.05, 3.63) is 101 Å². The molecule has 7 heteroatoms. The van der Waals surface area contributed by atoms with Gasteiger partial charge in [0.15, 0.2) is 0 Å². The van der Waals surface area contributed by atoms with Gasteiger partial charge in [-0.1, -0.05) is 60.7 Å². The maximum Gasteiger partial charge on any atom is 0.337 e. The zero-order valence-corrected chi connectivity index (χ0v) is 20.7. The van der Waals surface area contributed by atoms with Crippen molar-refractivity contribution in [1.82, 2.24) is 9.29 Å². The van der Waals surface area contributed by atoms with Crippen molar-refractivity contribution in [1.29, 1.82) is 0 Å². The predicted octanol–water partition coefficient (Wildman–Crippen LogP) is 5.05. The average Bonchev–Trinajstić information content (AvgIpc) is 3.36. The number of sulfonamides is 1. The lowest BCUT2D eigenvalue weighted by atomic mass is 10.0. The van der Waals surface area contributed by atoms with E-state index in [1.807, 2.05) is 48.5 Å². The van der Waals surface area contributed by atoms with E-state index in [2.05, 4.69) is 12.1 Å². The average molecular weight is 493 g/mol. The van der Waals surface area contributed by atoms with Crippen LogP contribution in [0.4, 0.5) is 0 Å². The topological polar surface area (TPSA) is 87.6 Å². The number of hydrogen-bond donors (Lipinski definition) is 1. The van der Waals surface area contributed by atoms with Crippen molar-refractivity contribution in [3.63, 3.8) is 0 Å². The van der Waals surface area contributed by atoms with Gasteiger partial charge >= 0.3 is 5.97 Å². The fourth-order valence-electron chi connectivity index (χ4n) is 4.78. The highest BCUT2D eigenvalue weighted by atomic mass is 32.2. The van der Waals surface area contributed by atoms with Gasteiger partial charge in [0.2, 0.25) is 10.0 Å². The summed E-state index contributed by atoms with van der Waals surface area (Å²) in [7, 11) is -3.44. The summed E-state index contributed by atoms with van der Waals surface area (Å²) < 4.78 is 28.0. The number of nitrogens with zero attached hydrogens (tertiary/aromatic N) is 2. The second-order valence-corrected chi connectivity index (χ2v) is 11.1. The van der Waals surface area contributed by atoms with Gasteiger partial charge in [0, 0.05) is 6.54 Å². The summed E-state index contributed by atoms with van der Waals surface area (Å²) in [6.45, 7) is 0.476. The van der Waals surface area contributed by atoms with Crippen molar-refractivity contribution < 1.29 is 18.3 Å². The molecule has 2 aromatic carbocycles. The van der Waals surface area contributed by atoms with E-state index < -0.39 is 16.0 Å². The van der Waals surface area contributed by atoms with Crippen molar-refractivity contribution in [2.75, 3.05) is 12.3 Å². The first-order valence-electron chi connectivity index (χ1n) is 12.2. The molecule has 0 radical (unpaired) electrons. The Bertz CT molecular complexity index is 1230. The second-order valence-electron chi connectivity index (χ2n) is 9.05. The molecule has 1 fully saturated rings. The molecule has 1 aliphatic heterocycles. The molecule has 1 aromatic heterocycles. The highest BCUT2D eigenvalue weighted by Crippen LogP contribution is 2.34. The lowest BCUT2D eigenvalue weighted by molar-refractivity contribution is 0.0695. The van der Waals surface area contributed by atoms with Crippen LogP contribution in [-0.2, 0) is 29.3 Å². The minimum Gasteiger partial charge on any atom is -0.478 e. The van der Waals surface area contributed by atoms with Crippen LogP contribution in [0.1, 0.15) is 64.6 Å². The molecule has 2 heterocycles. The number of carboxylic acids is 1. The molecule has 4 rings (SSSR count). The first-order valence-corrected chi connectivity index (χ1v) is 13.9. The number of aryl methyl sites for hydroxylation is 3. The molecule has 0 aliphatic carbocycles. The molecule has 1 unspecified atom stereocenters. The number of hydrogen-bond acceptors (Lipinski definition) is 4. The zero-order chi connectivity index (χ0) is 24.7. The Kier molecular flexibility index (Phi) is 8.31. The maximum absolute atomic E-state index is 13.2. The third kappa shape index (κ3) is 6.55. The molecule has 1 saturated heterocycles. The molecule has 184 valence electrons. The Labute approximate surface area is 207 Å². The van der Waals surface area contributed by atoms with E-state index in [0.717, 1.165) is 31.2 Å². The van der Waals surface area contributed by atoms with E-state index in [-0.39, 0.29) is 17.4 Å². The first kappa shape index (κ1) is 25.1. The highest BCUT2D eigenvalue weighted by Gasteiger charge is 2.36. The number of carbonyl (C=O) groups is 1. The Morgan fingerprint density at radius 1 is 0.886 bits per heavy atom. The van der Waals surface area contributed by atoms with Crippen molar-refractivity contribution in [3.8, 4) is 0 Å². The third-order valence-corrected chi connectivity index (χ3v) is 8.52. The first-order chi connectivity index (χ1) is 16.9. The molecule has 6 nitrogen and oxygen atoms in total. The highest BCUT2D eigenvalue weighted by molar-refractivity contribution is 7.89. The van der Waals surface area contributed by atoms with Crippen molar-refractivity contribution in [2.45, 2.75) is 51.0 Å². The van der Waals surface area contributed by atoms with Crippen LogP contribution in [0.5, 0.6) is 0 Å². The molecule has 0 bridgehead atoms. The minimum atomic E-state index is -3.44. The summed E-state index contributed by atoms with van der Waals surface area (Å²) >= 11 is 0. The summed E-state index contributed by atoms with van der Waals surface area (Å²) in [5, 5.41) is 9.66. The third-order valence-electron chi connectivity index (χ3n) is 6.56. The van der Waals surface area contributed by atoms with Gasteiger partial charge in [0.25, 0.3) is 0 Å². The van der Waals surface area contributed by atoms with Crippen molar-refractivity contribution >= 4 is 16.0 Å². The van der Waals surface area contributed by atoms with E-state index in [1.54, 1.807) is 16.4 Å². The predicted molar refractivity (Wildman–Crippen MR) is 137 cm³/mol. The van der Waals surface area contributed by atoms with Gasteiger partial charge in [-0.3, -0.25) is 4.98 Å². The smallest absolute Gasteiger partial charge is 0.337 e. The number of benzene rings is 2. The fourth-order valence-corrected chi connectivity index (χ4v) is 6.54.